The van der Waals surface area contributed by atoms with Gasteiger partial charge in [0.05, 0.1) is 0 Å². The number of amides is 1. The second-order valence-electron chi connectivity index (χ2n) is 4.75. The van der Waals surface area contributed by atoms with Crippen molar-refractivity contribution >= 4 is 34.2 Å². The van der Waals surface area contributed by atoms with Gasteiger partial charge >= 0.3 is 0 Å². The van der Waals surface area contributed by atoms with Crippen molar-refractivity contribution < 1.29 is 9.53 Å². The smallest absolute Gasteiger partial charge is 0.265 e. The number of nitrogens with one attached hydrogen (secondary N) is 1. The Bertz CT molecular complexity index is 593. The molecular weight excluding hydrogens is 377 g/mol. The SMILES string of the molecule is CCc1ccc(O[C@H](C)C(=O)Nc2ccc(I)cc2)cc1. The van der Waals surface area contributed by atoms with Gasteiger partial charge in [0.1, 0.15) is 5.75 Å². The van der Waals surface area contributed by atoms with E-state index in [9.17, 15) is 4.79 Å². The molecule has 0 spiro atoms. The minimum Gasteiger partial charge on any atom is -0.481 e. The fourth-order valence-corrected chi connectivity index (χ4v) is 2.20. The Labute approximate surface area is 138 Å². The van der Waals surface area contributed by atoms with Crippen LogP contribution in [0.4, 0.5) is 5.69 Å². The summed E-state index contributed by atoms with van der Waals surface area (Å²) in [7, 11) is 0. The first-order valence-corrected chi connectivity index (χ1v) is 7.98. The Balaban J connectivity index is 1.93. The number of ether oxygens (including phenoxy) is 1. The lowest BCUT2D eigenvalue weighted by Crippen LogP contribution is -2.30. The maximum Gasteiger partial charge on any atom is 0.265 e. The molecule has 0 aromatic heterocycles. The molecule has 1 N–H and O–H groups in total. The summed E-state index contributed by atoms with van der Waals surface area (Å²) < 4.78 is 6.79. The van der Waals surface area contributed by atoms with Gasteiger partial charge in [0.15, 0.2) is 6.10 Å². The summed E-state index contributed by atoms with van der Waals surface area (Å²) in [5.41, 5.74) is 2.02. The fourth-order valence-electron chi connectivity index (χ4n) is 1.84. The van der Waals surface area contributed by atoms with E-state index in [-0.39, 0.29) is 5.91 Å². The third-order valence-electron chi connectivity index (χ3n) is 3.13. The van der Waals surface area contributed by atoms with E-state index in [1.807, 2.05) is 48.5 Å². The van der Waals surface area contributed by atoms with Crippen LogP contribution < -0.4 is 10.1 Å². The third kappa shape index (κ3) is 4.74. The zero-order chi connectivity index (χ0) is 15.2. The molecule has 0 bridgehead atoms. The van der Waals surface area contributed by atoms with Crippen LogP contribution in [0.5, 0.6) is 5.75 Å². The van der Waals surface area contributed by atoms with Crippen LogP contribution in [0.2, 0.25) is 0 Å². The van der Waals surface area contributed by atoms with E-state index in [2.05, 4.69) is 34.8 Å². The first kappa shape index (κ1) is 15.8. The number of carbonyl (C=O) groups is 1. The Morgan fingerprint density at radius 3 is 2.33 bits per heavy atom. The lowest BCUT2D eigenvalue weighted by molar-refractivity contribution is -0.122. The topological polar surface area (TPSA) is 38.3 Å². The molecule has 0 saturated carbocycles. The van der Waals surface area contributed by atoms with Gasteiger partial charge in [-0.15, -0.1) is 0 Å². The first-order chi connectivity index (χ1) is 10.1. The van der Waals surface area contributed by atoms with Crippen molar-refractivity contribution in [3.63, 3.8) is 0 Å². The molecule has 110 valence electrons. The van der Waals surface area contributed by atoms with E-state index in [1.165, 1.54) is 5.56 Å². The normalized spacial score (nSPS) is 11.8. The molecule has 3 nitrogen and oxygen atoms in total. The standard InChI is InChI=1S/C17H18INO2/c1-3-13-4-10-16(11-5-13)21-12(2)17(20)19-15-8-6-14(18)7-9-15/h4-12H,3H2,1-2H3,(H,19,20)/t12-/m1/s1. The summed E-state index contributed by atoms with van der Waals surface area (Å²) in [5.74, 6) is 0.549. The number of hydrogen-bond acceptors (Lipinski definition) is 2. The fraction of sp³-hybridized carbons (Fsp3) is 0.235. The highest BCUT2D eigenvalue weighted by Gasteiger charge is 2.14. The van der Waals surface area contributed by atoms with Crippen LogP contribution in [0.25, 0.3) is 0 Å². The Morgan fingerprint density at radius 2 is 1.76 bits per heavy atom. The number of halogens is 1. The molecule has 1 amide bonds. The summed E-state index contributed by atoms with van der Waals surface area (Å²) in [4.78, 5) is 12.1. The molecule has 21 heavy (non-hydrogen) atoms. The first-order valence-electron chi connectivity index (χ1n) is 6.90. The molecule has 0 saturated heterocycles. The number of benzene rings is 2. The zero-order valence-electron chi connectivity index (χ0n) is 12.1. The minimum atomic E-state index is -0.545. The van der Waals surface area contributed by atoms with E-state index in [4.69, 9.17) is 4.74 Å². The molecule has 0 aliphatic carbocycles. The highest BCUT2D eigenvalue weighted by molar-refractivity contribution is 14.1. The highest BCUT2D eigenvalue weighted by Crippen LogP contribution is 2.16. The third-order valence-corrected chi connectivity index (χ3v) is 3.84. The number of rotatable bonds is 5. The van der Waals surface area contributed by atoms with Gasteiger partial charge in [0.2, 0.25) is 0 Å². The Morgan fingerprint density at radius 1 is 1.14 bits per heavy atom. The van der Waals surface area contributed by atoms with Gasteiger partial charge < -0.3 is 10.1 Å². The summed E-state index contributed by atoms with van der Waals surface area (Å²) in [6, 6.07) is 15.5. The Kier molecular flexibility index (Phi) is 5.61. The monoisotopic (exact) mass is 395 g/mol. The van der Waals surface area contributed by atoms with Crippen molar-refractivity contribution in [1.82, 2.24) is 0 Å². The van der Waals surface area contributed by atoms with Gasteiger partial charge in [-0.25, -0.2) is 0 Å². The molecule has 0 radical (unpaired) electrons. The van der Waals surface area contributed by atoms with Gasteiger partial charge in [-0.2, -0.15) is 0 Å². The van der Waals surface area contributed by atoms with Crippen molar-refractivity contribution in [1.29, 1.82) is 0 Å². The lowest BCUT2D eigenvalue weighted by atomic mass is 10.2. The second-order valence-corrected chi connectivity index (χ2v) is 6.00. The molecule has 2 aromatic rings. The van der Waals surface area contributed by atoms with E-state index >= 15 is 0 Å². The molecule has 0 aliphatic heterocycles. The molecule has 0 fully saturated rings. The van der Waals surface area contributed by atoms with Gasteiger partial charge in [-0.1, -0.05) is 19.1 Å². The van der Waals surface area contributed by atoms with Crippen molar-refractivity contribution in [2.75, 3.05) is 5.32 Å². The molecule has 1 atom stereocenters. The Hall–Kier alpha value is -1.56. The quantitative estimate of drug-likeness (QED) is 0.769. The van der Waals surface area contributed by atoms with Gasteiger partial charge in [-0.3, -0.25) is 4.79 Å². The number of carbonyl (C=O) groups excluding carboxylic acids is 1. The number of hydrogen-bond donors (Lipinski definition) is 1. The molecule has 2 aromatic carbocycles. The molecule has 2 rings (SSSR count). The molecule has 0 aliphatic rings. The van der Waals surface area contributed by atoms with E-state index in [1.54, 1.807) is 6.92 Å². The maximum absolute atomic E-state index is 12.1. The summed E-state index contributed by atoms with van der Waals surface area (Å²) in [5, 5.41) is 2.84. The summed E-state index contributed by atoms with van der Waals surface area (Å²) >= 11 is 2.23. The number of aryl methyl sites for hydroxylation is 1. The van der Waals surface area contributed by atoms with Crippen LogP contribution >= 0.6 is 22.6 Å². The van der Waals surface area contributed by atoms with Crippen molar-refractivity contribution in [2.45, 2.75) is 26.4 Å². The van der Waals surface area contributed by atoms with Gasteiger partial charge in [-0.05, 0) is 77.9 Å². The van der Waals surface area contributed by atoms with Crippen LogP contribution in [0.1, 0.15) is 19.4 Å². The van der Waals surface area contributed by atoms with Gasteiger partial charge in [0.25, 0.3) is 5.91 Å². The molecule has 0 unspecified atom stereocenters. The predicted octanol–water partition coefficient (Wildman–Crippen LogP) is 4.26. The largest absolute Gasteiger partial charge is 0.481 e. The van der Waals surface area contributed by atoms with Crippen LogP contribution in [-0.4, -0.2) is 12.0 Å². The summed E-state index contributed by atoms with van der Waals surface area (Å²) in [6.07, 6.45) is 0.445. The highest BCUT2D eigenvalue weighted by atomic mass is 127. The average Bonchev–Trinajstić information content (AvgIpc) is 2.50. The lowest BCUT2D eigenvalue weighted by Gasteiger charge is -2.15. The van der Waals surface area contributed by atoms with Crippen molar-refractivity contribution in [3.8, 4) is 5.75 Å². The zero-order valence-corrected chi connectivity index (χ0v) is 14.3. The van der Waals surface area contributed by atoms with E-state index in [0.717, 1.165) is 15.7 Å². The molecular formula is C17H18INO2. The van der Waals surface area contributed by atoms with Crippen LogP contribution in [0.3, 0.4) is 0 Å². The van der Waals surface area contributed by atoms with Gasteiger partial charge in [0, 0.05) is 9.26 Å². The van der Waals surface area contributed by atoms with Crippen LogP contribution in [0.15, 0.2) is 48.5 Å². The second kappa shape index (κ2) is 7.45. The maximum atomic E-state index is 12.1. The van der Waals surface area contributed by atoms with Crippen LogP contribution in [-0.2, 0) is 11.2 Å². The van der Waals surface area contributed by atoms with Crippen molar-refractivity contribution in [2.24, 2.45) is 0 Å². The van der Waals surface area contributed by atoms with Crippen LogP contribution in [0, 0.1) is 3.57 Å². The van der Waals surface area contributed by atoms with E-state index < -0.39 is 6.10 Å². The van der Waals surface area contributed by atoms with E-state index in [0.29, 0.717) is 5.75 Å². The average molecular weight is 395 g/mol. The molecule has 4 heteroatoms. The molecule has 0 heterocycles. The number of anilines is 1. The predicted molar refractivity (Wildman–Crippen MR) is 93.7 cm³/mol. The van der Waals surface area contributed by atoms with Crippen molar-refractivity contribution in [3.05, 3.63) is 57.7 Å². The summed E-state index contributed by atoms with van der Waals surface area (Å²) in [6.45, 7) is 3.85. The minimum absolute atomic E-state index is 0.157.